The SMILES string of the molecule is CCCCCCCCCCCCc1ccc(C)c(CCCCCCCCCCCC)c1.O=P(O)(O)O. The lowest BCUT2D eigenvalue weighted by atomic mass is 9.96. The first-order valence-electron chi connectivity index (χ1n) is 15.1. The lowest BCUT2D eigenvalue weighted by molar-refractivity contribution is 0.275. The van der Waals surface area contributed by atoms with Crippen molar-refractivity contribution in [3.8, 4) is 0 Å². The van der Waals surface area contributed by atoms with Crippen molar-refractivity contribution in [3.63, 3.8) is 0 Å². The number of rotatable bonds is 22. The van der Waals surface area contributed by atoms with Gasteiger partial charge in [0, 0.05) is 0 Å². The molecular weight excluding hydrogens is 467 g/mol. The molecule has 0 radical (unpaired) electrons. The van der Waals surface area contributed by atoms with Gasteiger partial charge in [-0.05, 0) is 49.3 Å². The normalized spacial score (nSPS) is 11.4. The fourth-order valence-electron chi connectivity index (χ4n) is 4.77. The van der Waals surface area contributed by atoms with E-state index in [-0.39, 0.29) is 0 Å². The summed E-state index contributed by atoms with van der Waals surface area (Å²) in [6.45, 7) is 6.90. The van der Waals surface area contributed by atoms with E-state index in [0.717, 1.165) is 0 Å². The number of unbranched alkanes of at least 4 members (excludes halogenated alkanes) is 18. The van der Waals surface area contributed by atoms with Crippen molar-refractivity contribution in [1.29, 1.82) is 0 Å². The van der Waals surface area contributed by atoms with Crippen molar-refractivity contribution in [2.24, 2.45) is 0 Å². The molecule has 0 amide bonds. The van der Waals surface area contributed by atoms with Crippen LogP contribution in [-0.4, -0.2) is 14.7 Å². The van der Waals surface area contributed by atoms with Crippen LogP contribution in [0.5, 0.6) is 0 Å². The molecule has 0 fully saturated rings. The molecule has 5 heteroatoms. The molecule has 212 valence electrons. The van der Waals surface area contributed by atoms with Crippen LogP contribution in [0.15, 0.2) is 18.2 Å². The van der Waals surface area contributed by atoms with Crippen LogP contribution in [0.3, 0.4) is 0 Å². The third kappa shape index (κ3) is 26.4. The standard InChI is InChI=1S/C31H56.H3O4P/c1-4-6-8-10-12-14-16-18-20-22-24-30-27-26-29(3)31(28-30)25-23-21-19-17-15-13-11-9-7-5-2;1-5(2,3)4/h26-28H,4-25H2,1-3H3;(H3,1,2,3,4). The average Bonchev–Trinajstić information content (AvgIpc) is 2.82. The zero-order chi connectivity index (χ0) is 26.9. The molecular formula is C31H59O4P. The topological polar surface area (TPSA) is 77.8 Å². The predicted molar refractivity (Wildman–Crippen MR) is 157 cm³/mol. The summed E-state index contributed by atoms with van der Waals surface area (Å²) in [5.74, 6) is 0. The van der Waals surface area contributed by atoms with E-state index in [1.54, 1.807) is 11.1 Å². The molecule has 1 aromatic rings. The molecule has 0 spiro atoms. The monoisotopic (exact) mass is 526 g/mol. The summed E-state index contributed by atoms with van der Waals surface area (Å²) in [7, 11) is -4.64. The van der Waals surface area contributed by atoms with Gasteiger partial charge in [0.2, 0.25) is 0 Å². The highest BCUT2D eigenvalue weighted by Crippen LogP contribution is 2.25. The molecule has 1 rings (SSSR count). The van der Waals surface area contributed by atoms with Crippen LogP contribution in [0.1, 0.15) is 159 Å². The number of benzene rings is 1. The minimum Gasteiger partial charge on any atom is -0.303 e. The highest BCUT2D eigenvalue weighted by atomic mass is 31.2. The van der Waals surface area contributed by atoms with Gasteiger partial charge in [0.15, 0.2) is 0 Å². The molecule has 4 nitrogen and oxygen atoms in total. The van der Waals surface area contributed by atoms with Crippen molar-refractivity contribution < 1.29 is 19.2 Å². The van der Waals surface area contributed by atoms with E-state index in [9.17, 15) is 0 Å². The van der Waals surface area contributed by atoms with E-state index in [2.05, 4.69) is 39.0 Å². The summed E-state index contributed by atoms with van der Waals surface area (Å²) in [5, 5.41) is 0. The first-order chi connectivity index (χ1) is 17.3. The Balaban J connectivity index is 0.00000222. The Morgan fingerprint density at radius 2 is 0.889 bits per heavy atom. The highest BCUT2D eigenvalue weighted by molar-refractivity contribution is 7.45. The fourth-order valence-corrected chi connectivity index (χ4v) is 4.77. The van der Waals surface area contributed by atoms with Crippen molar-refractivity contribution in [1.82, 2.24) is 0 Å². The van der Waals surface area contributed by atoms with E-state index in [1.165, 1.54) is 147 Å². The van der Waals surface area contributed by atoms with Gasteiger partial charge in [0.1, 0.15) is 0 Å². The Morgan fingerprint density at radius 3 is 1.28 bits per heavy atom. The van der Waals surface area contributed by atoms with Gasteiger partial charge in [-0.1, -0.05) is 148 Å². The zero-order valence-corrected chi connectivity index (χ0v) is 24.9. The molecule has 1 aromatic carbocycles. The lowest BCUT2D eigenvalue weighted by Crippen LogP contribution is -1.94. The van der Waals surface area contributed by atoms with Gasteiger partial charge in [-0.15, -0.1) is 0 Å². The number of phosphoric acid groups is 1. The Labute approximate surface area is 223 Å². The van der Waals surface area contributed by atoms with Gasteiger partial charge < -0.3 is 14.7 Å². The molecule has 0 bridgehead atoms. The first kappa shape index (κ1) is 35.3. The lowest BCUT2D eigenvalue weighted by Gasteiger charge is -2.10. The Kier molecular flexibility index (Phi) is 24.2. The molecule has 0 unspecified atom stereocenters. The van der Waals surface area contributed by atoms with E-state index in [1.807, 2.05) is 0 Å². The average molecular weight is 527 g/mol. The summed E-state index contributed by atoms with van der Waals surface area (Å²) in [6.07, 6.45) is 31.1. The minimum absolute atomic E-state index is 1.28. The van der Waals surface area contributed by atoms with Crippen molar-refractivity contribution in [3.05, 3.63) is 34.9 Å². The van der Waals surface area contributed by atoms with Crippen LogP contribution in [0.4, 0.5) is 0 Å². The second kappa shape index (κ2) is 24.7. The third-order valence-electron chi connectivity index (χ3n) is 7.03. The molecule has 0 aromatic heterocycles. The van der Waals surface area contributed by atoms with Gasteiger partial charge in [-0.2, -0.15) is 0 Å². The van der Waals surface area contributed by atoms with Gasteiger partial charge in [-0.3, -0.25) is 0 Å². The third-order valence-corrected chi connectivity index (χ3v) is 7.03. The van der Waals surface area contributed by atoms with E-state index < -0.39 is 7.82 Å². The smallest absolute Gasteiger partial charge is 0.303 e. The second-order valence-electron chi connectivity index (χ2n) is 10.6. The van der Waals surface area contributed by atoms with Crippen LogP contribution in [0.25, 0.3) is 0 Å². The second-order valence-corrected chi connectivity index (χ2v) is 11.7. The van der Waals surface area contributed by atoms with Crippen molar-refractivity contribution >= 4 is 7.82 Å². The molecule has 0 saturated carbocycles. The molecule has 0 atom stereocenters. The molecule has 0 heterocycles. The predicted octanol–water partition coefficient (Wildman–Crippen LogP) is 9.99. The maximum absolute atomic E-state index is 8.88. The largest absolute Gasteiger partial charge is 0.466 e. The van der Waals surface area contributed by atoms with Crippen LogP contribution >= 0.6 is 7.82 Å². The van der Waals surface area contributed by atoms with E-state index >= 15 is 0 Å². The van der Waals surface area contributed by atoms with Crippen molar-refractivity contribution in [2.45, 2.75) is 162 Å². The summed E-state index contributed by atoms with van der Waals surface area (Å²) in [5.41, 5.74) is 4.69. The van der Waals surface area contributed by atoms with Gasteiger partial charge in [0.25, 0.3) is 0 Å². The van der Waals surface area contributed by atoms with Gasteiger partial charge >= 0.3 is 7.82 Å². The summed E-state index contributed by atoms with van der Waals surface area (Å²) in [6, 6.07) is 7.28. The summed E-state index contributed by atoms with van der Waals surface area (Å²) in [4.78, 5) is 21.6. The van der Waals surface area contributed by atoms with Crippen molar-refractivity contribution in [2.75, 3.05) is 0 Å². The first-order valence-corrected chi connectivity index (χ1v) is 16.7. The van der Waals surface area contributed by atoms with E-state index in [4.69, 9.17) is 19.2 Å². The van der Waals surface area contributed by atoms with Gasteiger partial charge in [0.05, 0.1) is 0 Å². The molecule has 0 aliphatic heterocycles. The summed E-state index contributed by atoms with van der Waals surface area (Å²) < 4.78 is 8.88. The number of hydrogen-bond acceptors (Lipinski definition) is 1. The van der Waals surface area contributed by atoms with E-state index in [0.29, 0.717) is 0 Å². The molecule has 0 aliphatic carbocycles. The zero-order valence-electron chi connectivity index (χ0n) is 24.0. The quantitative estimate of drug-likeness (QED) is 0.104. The van der Waals surface area contributed by atoms with Crippen LogP contribution in [-0.2, 0) is 17.4 Å². The maximum atomic E-state index is 8.88. The van der Waals surface area contributed by atoms with Crippen LogP contribution < -0.4 is 0 Å². The van der Waals surface area contributed by atoms with Gasteiger partial charge in [-0.25, -0.2) is 4.57 Å². The number of hydrogen-bond donors (Lipinski definition) is 3. The minimum atomic E-state index is -4.64. The highest BCUT2D eigenvalue weighted by Gasteiger charge is 2.02. The Bertz CT molecular complexity index is 648. The number of aryl methyl sites for hydroxylation is 3. The molecule has 0 aliphatic rings. The fraction of sp³-hybridized carbons (Fsp3) is 0.806. The Hall–Kier alpha value is -0.670. The molecule has 0 saturated heterocycles. The Morgan fingerprint density at radius 1 is 0.556 bits per heavy atom. The van der Waals surface area contributed by atoms with Crippen LogP contribution in [0, 0.1) is 6.92 Å². The summed E-state index contributed by atoms with van der Waals surface area (Å²) >= 11 is 0. The van der Waals surface area contributed by atoms with Crippen LogP contribution in [0.2, 0.25) is 0 Å². The molecule has 36 heavy (non-hydrogen) atoms. The maximum Gasteiger partial charge on any atom is 0.466 e. The molecule has 3 N–H and O–H groups in total.